The predicted molar refractivity (Wildman–Crippen MR) is 140 cm³/mol. The van der Waals surface area contributed by atoms with Gasteiger partial charge in [-0.15, -0.1) is 0 Å². The molecular formula is C25H31Cl2N3O4S. The summed E-state index contributed by atoms with van der Waals surface area (Å²) in [5.41, 5.74) is 1.01. The molecule has 0 aromatic heterocycles. The van der Waals surface area contributed by atoms with Crippen LogP contribution >= 0.6 is 23.2 Å². The van der Waals surface area contributed by atoms with Gasteiger partial charge < -0.3 is 10.2 Å². The quantitative estimate of drug-likeness (QED) is 0.503. The summed E-state index contributed by atoms with van der Waals surface area (Å²) in [7, 11) is -3.81. The van der Waals surface area contributed by atoms with E-state index in [0.29, 0.717) is 10.0 Å². The smallest absolute Gasteiger partial charge is 0.244 e. The summed E-state index contributed by atoms with van der Waals surface area (Å²) >= 11 is 12.2. The van der Waals surface area contributed by atoms with E-state index in [1.807, 2.05) is 6.07 Å². The molecule has 2 aromatic rings. The van der Waals surface area contributed by atoms with Gasteiger partial charge in [0.2, 0.25) is 21.8 Å². The normalized spacial score (nSPS) is 15.3. The minimum Gasteiger partial charge on any atom is -0.352 e. The lowest BCUT2D eigenvalue weighted by Crippen LogP contribution is -2.52. The van der Waals surface area contributed by atoms with Gasteiger partial charge in [-0.3, -0.25) is 13.9 Å². The van der Waals surface area contributed by atoms with Crippen molar-refractivity contribution in [3.05, 3.63) is 64.1 Å². The molecule has 190 valence electrons. The number of nitrogens with zero attached hydrogens (tertiary/aromatic N) is 2. The SMILES string of the molecule is C[C@H](C(=O)NC1CCCCC1)N(Cc1cccc(Cl)c1)C(=O)CN(c1cccc(Cl)c1)S(C)(=O)=O. The van der Waals surface area contributed by atoms with Gasteiger partial charge in [-0.2, -0.15) is 0 Å². The second kappa shape index (κ2) is 12.1. The van der Waals surface area contributed by atoms with Crippen LogP contribution in [-0.2, 0) is 26.2 Å². The fourth-order valence-corrected chi connectivity index (χ4v) is 5.47. The van der Waals surface area contributed by atoms with Crippen molar-refractivity contribution in [3.63, 3.8) is 0 Å². The highest BCUT2D eigenvalue weighted by Gasteiger charge is 2.31. The minimum atomic E-state index is -3.81. The predicted octanol–water partition coefficient (Wildman–Crippen LogP) is 4.63. The minimum absolute atomic E-state index is 0.0841. The Balaban J connectivity index is 1.87. The molecule has 1 fully saturated rings. The van der Waals surface area contributed by atoms with E-state index in [9.17, 15) is 18.0 Å². The fourth-order valence-electron chi connectivity index (χ4n) is 4.23. The first kappa shape index (κ1) is 27.3. The lowest BCUT2D eigenvalue weighted by molar-refractivity contribution is -0.139. The lowest BCUT2D eigenvalue weighted by atomic mass is 9.95. The zero-order valence-electron chi connectivity index (χ0n) is 19.9. The van der Waals surface area contributed by atoms with E-state index >= 15 is 0 Å². The molecule has 0 spiro atoms. The van der Waals surface area contributed by atoms with E-state index in [0.717, 1.165) is 48.2 Å². The highest BCUT2D eigenvalue weighted by Crippen LogP contribution is 2.23. The van der Waals surface area contributed by atoms with Crippen molar-refractivity contribution in [2.24, 2.45) is 0 Å². The molecule has 35 heavy (non-hydrogen) atoms. The first-order chi connectivity index (χ1) is 16.5. The largest absolute Gasteiger partial charge is 0.352 e. The summed E-state index contributed by atoms with van der Waals surface area (Å²) < 4.78 is 26.2. The summed E-state index contributed by atoms with van der Waals surface area (Å²) in [6, 6.07) is 12.6. The van der Waals surface area contributed by atoms with Crippen LogP contribution in [0.15, 0.2) is 48.5 Å². The molecule has 0 bridgehead atoms. The van der Waals surface area contributed by atoms with E-state index < -0.39 is 28.5 Å². The maximum atomic E-state index is 13.6. The van der Waals surface area contributed by atoms with Crippen LogP contribution in [0.25, 0.3) is 0 Å². The molecule has 0 saturated heterocycles. The van der Waals surface area contributed by atoms with Gasteiger partial charge in [0.05, 0.1) is 11.9 Å². The van der Waals surface area contributed by atoms with Crippen molar-refractivity contribution in [1.29, 1.82) is 0 Å². The number of carbonyl (C=O) groups is 2. The molecule has 1 saturated carbocycles. The number of anilines is 1. The number of hydrogen-bond acceptors (Lipinski definition) is 4. The molecule has 1 atom stereocenters. The van der Waals surface area contributed by atoms with Gasteiger partial charge in [0.25, 0.3) is 0 Å². The Morgan fingerprint density at radius 3 is 2.26 bits per heavy atom. The summed E-state index contributed by atoms with van der Waals surface area (Å²) in [6.45, 7) is 1.29. The van der Waals surface area contributed by atoms with E-state index in [2.05, 4.69) is 5.32 Å². The van der Waals surface area contributed by atoms with E-state index in [-0.39, 0.29) is 24.2 Å². The maximum absolute atomic E-state index is 13.6. The third-order valence-electron chi connectivity index (χ3n) is 6.14. The summed E-state index contributed by atoms with van der Waals surface area (Å²) in [6.07, 6.45) is 6.14. The molecule has 0 aliphatic heterocycles. The van der Waals surface area contributed by atoms with Crippen molar-refractivity contribution in [3.8, 4) is 0 Å². The molecule has 1 aliphatic carbocycles. The monoisotopic (exact) mass is 539 g/mol. The summed E-state index contributed by atoms with van der Waals surface area (Å²) in [5.74, 6) is -0.775. The lowest BCUT2D eigenvalue weighted by Gasteiger charge is -2.33. The van der Waals surface area contributed by atoms with Gasteiger partial charge in [-0.05, 0) is 55.7 Å². The van der Waals surface area contributed by atoms with Gasteiger partial charge in [-0.1, -0.05) is 60.7 Å². The van der Waals surface area contributed by atoms with E-state index in [4.69, 9.17) is 23.2 Å². The van der Waals surface area contributed by atoms with Crippen molar-refractivity contribution in [1.82, 2.24) is 10.2 Å². The molecule has 1 aliphatic rings. The van der Waals surface area contributed by atoms with Crippen LogP contribution in [0.4, 0.5) is 5.69 Å². The van der Waals surface area contributed by atoms with Crippen LogP contribution in [0.5, 0.6) is 0 Å². The number of nitrogens with one attached hydrogen (secondary N) is 1. The van der Waals surface area contributed by atoms with Gasteiger partial charge in [0.1, 0.15) is 12.6 Å². The first-order valence-corrected chi connectivity index (χ1v) is 14.2. The Morgan fingerprint density at radius 1 is 1.03 bits per heavy atom. The molecule has 0 heterocycles. The number of amides is 2. The van der Waals surface area contributed by atoms with Crippen LogP contribution in [0, 0.1) is 0 Å². The third-order valence-corrected chi connectivity index (χ3v) is 7.75. The Bertz CT molecular complexity index is 1150. The van der Waals surface area contributed by atoms with Crippen molar-refractivity contribution in [2.45, 2.75) is 57.7 Å². The van der Waals surface area contributed by atoms with Gasteiger partial charge in [0, 0.05) is 22.6 Å². The number of sulfonamides is 1. The second-order valence-electron chi connectivity index (χ2n) is 8.92. The van der Waals surface area contributed by atoms with Gasteiger partial charge in [-0.25, -0.2) is 8.42 Å². The zero-order chi connectivity index (χ0) is 25.6. The van der Waals surface area contributed by atoms with Crippen molar-refractivity contribution >= 4 is 50.7 Å². The number of benzene rings is 2. The molecule has 2 amide bonds. The first-order valence-electron chi connectivity index (χ1n) is 11.6. The van der Waals surface area contributed by atoms with Crippen LogP contribution in [0.2, 0.25) is 10.0 Å². The Morgan fingerprint density at radius 2 is 1.66 bits per heavy atom. The van der Waals surface area contributed by atoms with E-state index in [1.54, 1.807) is 43.3 Å². The molecule has 3 rings (SSSR count). The Kier molecular flexibility index (Phi) is 9.44. The third kappa shape index (κ3) is 7.85. The van der Waals surface area contributed by atoms with Crippen LogP contribution < -0.4 is 9.62 Å². The highest BCUT2D eigenvalue weighted by atomic mass is 35.5. The molecule has 7 nitrogen and oxygen atoms in total. The topological polar surface area (TPSA) is 86.8 Å². The number of hydrogen-bond donors (Lipinski definition) is 1. The zero-order valence-corrected chi connectivity index (χ0v) is 22.2. The highest BCUT2D eigenvalue weighted by molar-refractivity contribution is 7.92. The van der Waals surface area contributed by atoms with Gasteiger partial charge in [0.15, 0.2) is 0 Å². The standard InChI is InChI=1S/C25H31Cl2N3O4S/c1-18(25(32)28-22-11-4-3-5-12-22)29(16-19-8-6-9-20(26)14-19)24(31)17-30(35(2,33)34)23-13-7-10-21(27)15-23/h6-10,13-15,18,22H,3-5,11-12,16-17H2,1-2H3,(H,28,32)/t18-/m1/s1. The Labute approximate surface area is 217 Å². The van der Waals surface area contributed by atoms with E-state index in [1.165, 1.54) is 11.0 Å². The average Bonchev–Trinajstić information content (AvgIpc) is 2.80. The van der Waals surface area contributed by atoms with Crippen molar-refractivity contribution in [2.75, 3.05) is 17.1 Å². The molecule has 2 aromatic carbocycles. The summed E-state index contributed by atoms with van der Waals surface area (Å²) in [4.78, 5) is 28.1. The van der Waals surface area contributed by atoms with Crippen molar-refractivity contribution < 1.29 is 18.0 Å². The van der Waals surface area contributed by atoms with Crippen LogP contribution in [0.3, 0.4) is 0 Å². The molecule has 0 unspecified atom stereocenters. The fraction of sp³-hybridized carbons (Fsp3) is 0.440. The molecule has 0 radical (unpaired) electrons. The second-order valence-corrected chi connectivity index (χ2v) is 11.7. The van der Waals surface area contributed by atoms with Crippen LogP contribution in [-0.4, -0.2) is 50.0 Å². The number of carbonyl (C=O) groups excluding carboxylic acids is 2. The molecular weight excluding hydrogens is 509 g/mol. The molecule has 10 heteroatoms. The summed E-state index contributed by atoms with van der Waals surface area (Å²) in [5, 5.41) is 3.92. The number of rotatable bonds is 9. The molecule has 1 N–H and O–H groups in total. The average molecular weight is 541 g/mol. The Hall–Kier alpha value is -2.29. The number of halogens is 2. The van der Waals surface area contributed by atoms with Crippen LogP contribution in [0.1, 0.15) is 44.6 Å². The van der Waals surface area contributed by atoms with Gasteiger partial charge >= 0.3 is 0 Å². The maximum Gasteiger partial charge on any atom is 0.244 e.